The van der Waals surface area contributed by atoms with Crippen LogP contribution in [0.4, 0.5) is 9.18 Å². The van der Waals surface area contributed by atoms with E-state index in [2.05, 4.69) is 10.3 Å². The van der Waals surface area contributed by atoms with Crippen LogP contribution in [0, 0.1) is 5.82 Å². The van der Waals surface area contributed by atoms with Crippen molar-refractivity contribution in [2.75, 3.05) is 7.11 Å². The van der Waals surface area contributed by atoms with Gasteiger partial charge >= 0.3 is 6.09 Å². The van der Waals surface area contributed by atoms with Gasteiger partial charge in [0.15, 0.2) is 0 Å². The summed E-state index contributed by atoms with van der Waals surface area (Å²) in [5, 5.41) is 2.52. The average molecular weight is 290 g/mol. The Labute approximate surface area is 121 Å². The number of amides is 1. The number of nitrogens with one attached hydrogen (secondary N) is 1. The van der Waals surface area contributed by atoms with Crippen LogP contribution in [-0.4, -0.2) is 18.2 Å². The SMILES string of the molecule is COc1ncc(F)cc1CNC(=O)OCc1ccccc1. The van der Waals surface area contributed by atoms with Gasteiger partial charge in [0.1, 0.15) is 12.4 Å². The molecule has 0 unspecified atom stereocenters. The van der Waals surface area contributed by atoms with Crippen LogP contribution < -0.4 is 10.1 Å². The van der Waals surface area contributed by atoms with Gasteiger partial charge in [-0.25, -0.2) is 14.2 Å². The molecule has 1 aromatic heterocycles. The standard InChI is InChI=1S/C15H15FN2O3/c1-20-14-12(7-13(16)9-17-14)8-18-15(19)21-10-11-5-3-2-4-6-11/h2-7,9H,8,10H2,1H3,(H,18,19). The molecule has 0 saturated heterocycles. The van der Waals surface area contributed by atoms with E-state index in [1.807, 2.05) is 30.3 Å². The zero-order valence-corrected chi connectivity index (χ0v) is 11.5. The minimum Gasteiger partial charge on any atom is -0.481 e. The summed E-state index contributed by atoms with van der Waals surface area (Å²) in [7, 11) is 1.43. The second kappa shape index (κ2) is 7.23. The Kier molecular flexibility index (Phi) is 5.09. The number of hydrogen-bond acceptors (Lipinski definition) is 4. The number of alkyl carbamates (subject to hydrolysis) is 1. The first-order valence-corrected chi connectivity index (χ1v) is 6.32. The number of aromatic nitrogens is 1. The second-order valence-corrected chi connectivity index (χ2v) is 4.24. The van der Waals surface area contributed by atoms with Crippen LogP contribution in [0.2, 0.25) is 0 Å². The van der Waals surface area contributed by atoms with Gasteiger partial charge in [0.25, 0.3) is 0 Å². The number of nitrogens with zero attached hydrogens (tertiary/aromatic N) is 1. The summed E-state index contributed by atoms with van der Waals surface area (Å²) in [5.74, 6) is -0.231. The van der Waals surface area contributed by atoms with E-state index in [1.165, 1.54) is 13.2 Å². The molecule has 1 heterocycles. The van der Waals surface area contributed by atoms with E-state index in [9.17, 15) is 9.18 Å². The predicted octanol–water partition coefficient (Wildman–Crippen LogP) is 2.66. The lowest BCUT2D eigenvalue weighted by Gasteiger charge is -2.09. The molecule has 0 radical (unpaired) electrons. The predicted molar refractivity (Wildman–Crippen MR) is 74.2 cm³/mol. The number of pyridine rings is 1. The fourth-order valence-corrected chi connectivity index (χ4v) is 1.72. The van der Waals surface area contributed by atoms with E-state index in [0.29, 0.717) is 5.56 Å². The maximum Gasteiger partial charge on any atom is 0.407 e. The molecule has 1 aromatic carbocycles. The van der Waals surface area contributed by atoms with E-state index in [-0.39, 0.29) is 19.0 Å². The summed E-state index contributed by atoms with van der Waals surface area (Å²) in [6, 6.07) is 10.6. The number of carbonyl (C=O) groups excluding carboxylic acids is 1. The highest BCUT2D eigenvalue weighted by Gasteiger charge is 2.09. The molecule has 0 spiro atoms. The Morgan fingerprint density at radius 1 is 1.33 bits per heavy atom. The minimum absolute atomic E-state index is 0.0710. The third-order valence-electron chi connectivity index (χ3n) is 2.72. The van der Waals surface area contributed by atoms with Crippen molar-refractivity contribution in [2.45, 2.75) is 13.2 Å². The largest absolute Gasteiger partial charge is 0.481 e. The van der Waals surface area contributed by atoms with Gasteiger partial charge in [-0.3, -0.25) is 0 Å². The van der Waals surface area contributed by atoms with Crippen molar-refractivity contribution in [3.8, 4) is 5.88 Å². The molecule has 0 aliphatic heterocycles. The molecule has 0 aliphatic rings. The van der Waals surface area contributed by atoms with Crippen LogP contribution in [0.3, 0.4) is 0 Å². The number of hydrogen-bond donors (Lipinski definition) is 1. The Morgan fingerprint density at radius 2 is 2.10 bits per heavy atom. The van der Waals surface area contributed by atoms with Crippen LogP contribution in [-0.2, 0) is 17.9 Å². The van der Waals surface area contributed by atoms with Crippen LogP contribution in [0.25, 0.3) is 0 Å². The lowest BCUT2D eigenvalue weighted by atomic mass is 10.2. The Hall–Kier alpha value is -2.63. The highest BCUT2D eigenvalue weighted by molar-refractivity contribution is 5.67. The quantitative estimate of drug-likeness (QED) is 0.919. The maximum absolute atomic E-state index is 13.1. The van der Waals surface area contributed by atoms with Gasteiger partial charge in [-0.05, 0) is 11.6 Å². The van der Waals surface area contributed by atoms with E-state index in [0.717, 1.165) is 11.8 Å². The van der Waals surface area contributed by atoms with Gasteiger partial charge in [0.2, 0.25) is 5.88 Å². The van der Waals surface area contributed by atoms with Crippen molar-refractivity contribution >= 4 is 6.09 Å². The van der Waals surface area contributed by atoms with Gasteiger partial charge in [-0.1, -0.05) is 30.3 Å². The monoisotopic (exact) mass is 290 g/mol. The van der Waals surface area contributed by atoms with Crippen LogP contribution >= 0.6 is 0 Å². The first kappa shape index (κ1) is 14.8. The summed E-state index contributed by atoms with van der Waals surface area (Å²) in [6.07, 6.45) is 0.459. The molecule has 1 amide bonds. The summed E-state index contributed by atoms with van der Waals surface area (Å²) < 4.78 is 23.2. The zero-order chi connectivity index (χ0) is 15.1. The molecule has 2 aromatic rings. The number of halogens is 1. The molecule has 1 N–H and O–H groups in total. The molecular formula is C15H15FN2O3. The molecule has 6 heteroatoms. The van der Waals surface area contributed by atoms with Crippen LogP contribution in [0.5, 0.6) is 5.88 Å². The fraction of sp³-hybridized carbons (Fsp3) is 0.200. The summed E-state index contributed by atoms with van der Waals surface area (Å²) in [6.45, 7) is 0.243. The molecule has 21 heavy (non-hydrogen) atoms. The number of rotatable bonds is 5. The Bertz CT molecular complexity index is 605. The summed E-state index contributed by atoms with van der Waals surface area (Å²) in [5.41, 5.74) is 1.33. The molecule has 0 saturated carbocycles. The minimum atomic E-state index is -0.592. The lowest BCUT2D eigenvalue weighted by molar-refractivity contribution is 0.139. The number of methoxy groups -OCH3 is 1. The highest BCUT2D eigenvalue weighted by Crippen LogP contribution is 2.15. The van der Waals surface area contributed by atoms with E-state index < -0.39 is 11.9 Å². The lowest BCUT2D eigenvalue weighted by Crippen LogP contribution is -2.24. The first-order valence-electron chi connectivity index (χ1n) is 6.32. The maximum atomic E-state index is 13.1. The first-order chi connectivity index (χ1) is 10.2. The van der Waals surface area contributed by atoms with Crippen molar-refractivity contribution in [3.63, 3.8) is 0 Å². The molecule has 0 fully saturated rings. The molecular weight excluding hydrogens is 275 g/mol. The zero-order valence-electron chi connectivity index (χ0n) is 11.5. The third kappa shape index (κ3) is 4.45. The number of carbonyl (C=O) groups is 1. The molecule has 5 nitrogen and oxygen atoms in total. The Balaban J connectivity index is 1.85. The van der Waals surface area contributed by atoms with Gasteiger partial charge < -0.3 is 14.8 Å². The Morgan fingerprint density at radius 3 is 2.81 bits per heavy atom. The fourth-order valence-electron chi connectivity index (χ4n) is 1.72. The summed E-state index contributed by atoms with van der Waals surface area (Å²) >= 11 is 0. The van der Waals surface area contributed by atoms with Crippen molar-refractivity contribution in [2.24, 2.45) is 0 Å². The topological polar surface area (TPSA) is 60.5 Å². The summed E-state index contributed by atoms with van der Waals surface area (Å²) in [4.78, 5) is 15.4. The smallest absolute Gasteiger partial charge is 0.407 e. The van der Waals surface area contributed by atoms with Gasteiger partial charge in [0.05, 0.1) is 19.9 Å². The van der Waals surface area contributed by atoms with E-state index in [1.54, 1.807) is 0 Å². The van der Waals surface area contributed by atoms with Crippen molar-refractivity contribution < 1.29 is 18.7 Å². The van der Waals surface area contributed by atoms with E-state index >= 15 is 0 Å². The van der Waals surface area contributed by atoms with Gasteiger partial charge in [0, 0.05) is 5.56 Å². The number of ether oxygens (including phenoxy) is 2. The highest BCUT2D eigenvalue weighted by atomic mass is 19.1. The normalized spacial score (nSPS) is 10.0. The van der Waals surface area contributed by atoms with E-state index in [4.69, 9.17) is 9.47 Å². The number of benzene rings is 1. The van der Waals surface area contributed by atoms with Crippen molar-refractivity contribution in [3.05, 3.63) is 59.5 Å². The third-order valence-corrected chi connectivity index (χ3v) is 2.72. The molecule has 0 bridgehead atoms. The molecule has 110 valence electrons. The van der Waals surface area contributed by atoms with Crippen LogP contribution in [0.15, 0.2) is 42.6 Å². The van der Waals surface area contributed by atoms with Crippen molar-refractivity contribution in [1.82, 2.24) is 10.3 Å². The van der Waals surface area contributed by atoms with Gasteiger partial charge in [-0.15, -0.1) is 0 Å². The molecule has 2 rings (SSSR count). The second-order valence-electron chi connectivity index (χ2n) is 4.24. The van der Waals surface area contributed by atoms with Crippen molar-refractivity contribution in [1.29, 1.82) is 0 Å². The average Bonchev–Trinajstić information content (AvgIpc) is 2.52. The molecule has 0 atom stereocenters. The molecule has 0 aliphatic carbocycles. The van der Waals surface area contributed by atoms with Crippen LogP contribution in [0.1, 0.15) is 11.1 Å². The van der Waals surface area contributed by atoms with Gasteiger partial charge in [-0.2, -0.15) is 0 Å².